The van der Waals surface area contributed by atoms with Crippen molar-refractivity contribution in [2.45, 2.75) is 69.9 Å². The Balaban J connectivity index is 1.74. The predicted octanol–water partition coefficient (Wildman–Crippen LogP) is 2.78. The molecule has 2 aliphatic carbocycles. The highest BCUT2D eigenvalue weighted by Crippen LogP contribution is 2.40. The first kappa shape index (κ1) is 12.0. The number of nitrogens with zero attached hydrogens (tertiary/aromatic N) is 1. The van der Waals surface area contributed by atoms with Crippen LogP contribution in [-0.4, -0.2) is 36.1 Å². The summed E-state index contributed by atoms with van der Waals surface area (Å²) >= 11 is 0. The third-order valence-corrected chi connectivity index (χ3v) is 5.48. The number of hydrogen-bond donors (Lipinski definition) is 1. The van der Waals surface area contributed by atoms with Crippen molar-refractivity contribution in [1.29, 1.82) is 0 Å². The molecule has 3 aliphatic rings. The summed E-state index contributed by atoms with van der Waals surface area (Å²) in [6.45, 7) is 6.22. The molecule has 2 unspecified atom stereocenters. The highest BCUT2D eigenvalue weighted by Gasteiger charge is 2.43. The first-order chi connectivity index (χ1) is 8.30. The van der Waals surface area contributed by atoms with Crippen LogP contribution in [0.25, 0.3) is 0 Å². The van der Waals surface area contributed by atoms with Crippen LogP contribution in [0.5, 0.6) is 0 Å². The van der Waals surface area contributed by atoms with Crippen molar-refractivity contribution in [2.75, 3.05) is 19.6 Å². The SMILES string of the molecule is CC1CCC(N2CCNCC23CCCCC3)C1. The summed E-state index contributed by atoms with van der Waals surface area (Å²) in [6.07, 6.45) is 11.7. The summed E-state index contributed by atoms with van der Waals surface area (Å²) in [5, 5.41) is 3.67. The molecule has 2 heteroatoms. The van der Waals surface area contributed by atoms with E-state index in [2.05, 4.69) is 17.1 Å². The first-order valence-corrected chi connectivity index (χ1v) is 7.78. The average molecular weight is 236 g/mol. The minimum atomic E-state index is 0.547. The highest BCUT2D eigenvalue weighted by molar-refractivity contribution is 5.01. The van der Waals surface area contributed by atoms with E-state index >= 15 is 0 Å². The van der Waals surface area contributed by atoms with E-state index in [0.717, 1.165) is 12.0 Å². The van der Waals surface area contributed by atoms with Crippen LogP contribution in [0.4, 0.5) is 0 Å². The van der Waals surface area contributed by atoms with E-state index in [1.54, 1.807) is 0 Å². The van der Waals surface area contributed by atoms with Gasteiger partial charge in [-0.1, -0.05) is 26.2 Å². The number of hydrogen-bond acceptors (Lipinski definition) is 2. The van der Waals surface area contributed by atoms with E-state index in [1.165, 1.54) is 71.0 Å². The smallest absolute Gasteiger partial charge is 0.0337 e. The molecule has 1 N–H and O–H groups in total. The molecule has 3 fully saturated rings. The van der Waals surface area contributed by atoms with Gasteiger partial charge >= 0.3 is 0 Å². The molecule has 1 spiro atoms. The summed E-state index contributed by atoms with van der Waals surface area (Å²) in [7, 11) is 0. The maximum atomic E-state index is 3.67. The minimum Gasteiger partial charge on any atom is -0.314 e. The normalized spacial score (nSPS) is 38.6. The van der Waals surface area contributed by atoms with Gasteiger partial charge in [0.05, 0.1) is 0 Å². The van der Waals surface area contributed by atoms with Crippen molar-refractivity contribution >= 4 is 0 Å². The number of nitrogens with one attached hydrogen (secondary N) is 1. The zero-order valence-corrected chi connectivity index (χ0v) is 11.4. The Morgan fingerprint density at radius 1 is 1.12 bits per heavy atom. The molecular formula is C15H28N2. The van der Waals surface area contributed by atoms with Crippen LogP contribution in [-0.2, 0) is 0 Å². The van der Waals surface area contributed by atoms with E-state index in [9.17, 15) is 0 Å². The molecule has 0 bridgehead atoms. The molecule has 0 aromatic rings. The summed E-state index contributed by atoms with van der Waals surface area (Å²) in [5.74, 6) is 0.968. The van der Waals surface area contributed by atoms with Crippen molar-refractivity contribution in [3.05, 3.63) is 0 Å². The molecule has 0 aromatic heterocycles. The predicted molar refractivity (Wildman–Crippen MR) is 72.2 cm³/mol. The quantitative estimate of drug-likeness (QED) is 0.753. The summed E-state index contributed by atoms with van der Waals surface area (Å²) in [6, 6.07) is 0.908. The molecule has 2 nitrogen and oxygen atoms in total. The molecule has 0 radical (unpaired) electrons. The van der Waals surface area contributed by atoms with Gasteiger partial charge in [0.2, 0.25) is 0 Å². The molecule has 2 saturated carbocycles. The van der Waals surface area contributed by atoms with Gasteiger partial charge in [0, 0.05) is 31.2 Å². The zero-order valence-electron chi connectivity index (χ0n) is 11.4. The molecule has 1 heterocycles. The van der Waals surface area contributed by atoms with Crippen LogP contribution in [0, 0.1) is 5.92 Å². The van der Waals surface area contributed by atoms with Crippen molar-refractivity contribution in [2.24, 2.45) is 5.92 Å². The molecule has 0 aromatic carbocycles. The monoisotopic (exact) mass is 236 g/mol. The van der Waals surface area contributed by atoms with Crippen molar-refractivity contribution in [3.63, 3.8) is 0 Å². The van der Waals surface area contributed by atoms with Crippen LogP contribution in [0.1, 0.15) is 58.3 Å². The fourth-order valence-electron chi connectivity index (χ4n) is 4.56. The Bertz CT molecular complexity index is 249. The average Bonchev–Trinajstić information content (AvgIpc) is 2.77. The lowest BCUT2D eigenvalue weighted by atomic mass is 9.78. The zero-order chi connectivity index (χ0) is 11.7. The summed E-state index contributed by atoms with van der Waals surface area (Å²) < 4.78 is 0. The Morgan fingerprint density at radius 3 is 2.65 bits per heavy atom. The standard InChI is InChI=1S/C15H28N2/c1-13-5-6-14(11-13)17-10-9-16-12-15(17)7-3-2-4-8-15/h13-14,16H,2-12H2,1H3. The van der Waals surface area contributed by atoms with Crippen molar-refractivity contribution < 1.29 is 0 Å². The van der Waals surface area contributed by atoms with Gasteiger partial charge in [0.15, 0.2) is 0 Å². The van der Waals surface area contributed by atoms with Gasteiger partial charge in [-0.15, -0.1) is 0 Å². The second-order valence-corrected chi connectivity index (χ2v) is 6.73. The van der Waals surface area contributed by atoms with Crippen LogP contribution < -0.4 is 5.32 Å². The second-order valence-electron chi connectivity index (χ2n) is 6.73. The molecule has 98 valence electrons. The number of piperazine rings is 1. The van der Waals surface area contributed by atoms with Crippen LogP contribution in [0.2, 0.25) is 0 Å². The van der Waals surface area contributed by atoms with Crippen molar-refractivity contribution in [1.82, 2.24) is 10.2 Å². The largest absolute Gasteiger partial charge is 0.314 e. The molecule has 2 atom stereocenters. The van der Waals surface area contributed by atoms with Gasteiger partial charge in [-0.3, -0.25) is 4.90 Å². The first-order valence-electron chi connectivity index (χ1n) is 7.78. The van der Waals surface area contributed by atoms with Gasteiger partial charge in [-0.2, -0.15) is 0 Å². The molecule has 3 rings (SSSR count). The maximum Gasteiger partial charge on any atom is 0.0337 e. The van der Waals surface area contributed by atoms with Gasteiger partial charge in [0.25, 0.3) is 0 Å². The van der Waals surface area contributed by atoms with E-state index < -0.39 is 0 Å². The third-order valence-electron chi connectivity index (χ3n) is 5.48. The summed E-state index contributed by atoms with van der Waals surface area (Å²) in [5.41, 5.74) is 0.547. The Hall–Kier alpha value is -0.0800. The second kappa shape index (κ2) is 4.89. The van der Waals surface area contributed by atoms with E-state index in [0.29, 0.717) is 5.54 Å². The van der Waals surface area contributed by atoms with Crippen LogP contribution >= 0.6 is 0 Å². The van der Waals surface area contributed by atoms with Gasteiger partial charge in [-0.05, 0) is 38.0 Å². The van der Waals surface area contributed by atoms with E-state index in [4.69, 9.17) is 0 Å². The van der Waals surface area contributed by atoms with Crippen LogP contribution in [0.3, 0.4) is 0 Å². The number of rotatable bonds is 1. The lowest BCUT2D eigenvalue weighted by Gasteiger charge is -2.52. The topological polar surface area (TPSA) is 15.3 Å². The maximum absolute atomic E-state index is 3.67. The Kier molecular flexibility index (Phi) is 3.45. The Labute approximate surface area is 106 Å². The van der Waals surface area contributed by atoms with Crippen LogP contribution in [0.15, 0.2) is 0 Å². The van der Waals surface area contributed by atoms with Crippen molar-refractivity contribution in [3.8, 4) is 0 Å². The van der Waals surface area contributed by atoms with E-state index in [1.807, 2.05) is 0 Å². The van der Waals surface area contributed by atoms with Gasteiger partial charge < -0.3 is 5.32 Å². The molecule has 1 saturated heterocycles. The molecule has 0 amide bonds. The highest BCUT2D eigenvalue weighted by atomic mass is 15.3. The molecular weight excluding hydrogens is 208 g/mol. The van der Waals surface area contributed by atoms with E-state index in [-0.39, 0.29) is 0 Å². The molecule has 1 aliphatic heterocycles. The molecule has 17 heavy (non-hydrogen) atoms. The van der Waals surface area contributed by atoms with Gasteiger partial charge in [0.1, 0.15) is 0 Å². The minimum absolute atomic E-state index is 0.547. The third kappa shape index (κ3) is 2.26. The Morgan fingerprint density at radius 2 is 1.94 bits per heavy atom. The van der Waals surface area contributed by atoms with Gasteiger partial charge in [-0.25, -0.2) is 0 Å². The fraction of sp³-hybridized carbons (Fsp3) is 1.00. The fourth-order valence-corrected chi connectivity index (χ4v) is 4.56. The lowest BCUT2D eigenvalue weighted by molar-refractivity contribution is -0.00628. The lowest BCUT2D eigenvalue weighted by Crippen LogP contribution is -2.64. The summed E-state index contributed by atoms with van der Waals surface area (Å²) in [4.78, 5) is 2.94.